The Morgan fingerprint density at radius 1 is 1.53 bits per heavy atom. The Morgan fingerprint density at radius 2 is 2.24 bits per heavy atom. The molecule has 0 aromatic carbocycles. The molecule has 1 fully saturated rings. The van der Waals surface area contributed by atoms with E-state index in [-0.39, 0.29) is 6.01 Å². The maximum absolute atomic E-state index is 12.1. The van der Waals surface area contributed by atoms with Gasteiger partial charge in [-0.2, -0.15) is 18.2 Å². The van der Waals surface area contributed by atoms with E-state index < -0.39 is 12.7 Å². The molecule has 0 atom stereocenters. The Hall–Kier alpha value is -1.24. The average Bonchev–Trinajstić information content (AvgIpc) is 2.90. The number of nitrogens with one attached hydrogen (secondary N) is 1. The Bertz CT molecular complexity index is 373. The molecule has 1 heterocycles. The molecular formula is C10H14F3N3O. The lowest BCUT2D eigenvalue weighted by molar-refractivity contribution is -0.119. The van der Waals surface area contributed by atoms with Crippen LogP contribution in [-0.2, 0) is 6.54 Å². The summed E-state index contributed by atoms with van der Waals surface area (Å²) in [6.45, 7) is -0.531. The molecule has 7 heteroatoms. The third-order valence-electron chi connectivity index (χ3n) is 2.43. The summed E-state index contributed by atoms with van der Waals surface area (Å²) >= 11 is 0. The van der Waals surface area contributed by atoms with Crippen LogP contribution in [0.2, 0.25) is 0 Å². The lowest BCUT2D eigenvalue weighted by Gasteiger charge is -2.16. The lowest BCUT2D eigenvalue weighted by Crippen LogP contribution is -2.31. The van der Waals surface area contributed by atoms with Crippen LogP contribution < -0.4 is 10.2 Å². The highest BCUT2D eigenvalue weighted by molar-refractivity contribution is 5.25. The Morgan fingerprint density at radius 3 is 2.82 bits per heavy atom. The molecule has 1 aromatic rings. The van der Waals surface area contributed by atoms with E-state index in [0.717, 1.165) is 17.7 Å². The van der Waals surface area contributed by atoms with Gasteiger partial charge in [-0.05, 0) is 12.8 Å². The number of hydrogen-bond acceptors (Lipinski definition) is 4. The zero-order valence-electron chi connectivity index (χ0n) is 9.42. The molecule has 1 N–H and O–H groups in total. The van der Waals surface area contributed by atoms with Gasteiger partial charge in [0.25, 0.3) is 6.01 Å². The van der Waals surface area contributed by atoms with Crippen molar-refractivity contribution in [2.75, 3.05) is 18.5 Å². The minimum atomic E-state index is -4.25. The van der Waals surface area contributed by atoms with Gasteiger partial charge in [0.15, 0.2) is 0 Å². The van der Waals surface area contributed by atoms with E-state index in [1.165, 1.54) is 13.3 Å². The first-order valence-corrected chi connectivity index (χ1v) is 5.40. The zero-order valence-corrected chi connectivity index (χ0v) is 9.42. The zero-order chi connectivity index (χ0) is 12.5. The molecule has 0 saturated heterocycles. The average molecular weight is 249 g/mol. The number of anilines is 1. The van der Waals surface area contributed by atoms with E-state index in [9.17, 15) is 13.2 Å². The minimum absolute atomic E-state index is 0.00470. The summed E-state index contributed by atoms with van der Waals surface area (Å²) < 4.78 is 41.4. The van der Waals surface area contributed by atoms with Gasteiger partial charge >= 0.3 is 6.18 Å². The van der Waals surface area contributed by atoms with Gasteiger partial charge in [-0.3, -0.25) is 0 Å². The number of halogens is 3. The van der Waals surface area contributed by atoms with Gasteiger partial charge < -0.3 is 14.6 Å². The van der Waals surface area contributed by atoms with Crippen molar-refractivity contribution in [2.45, 2.75) is 31.6 Å². The molecule has 0 aliphatic heterocycles. The molecule has 4 nitrogen and oxygen atoms in total. The number of nitrogens with zero attached hydrogens (tertiary/aromatic N) is 2. The highest BCUT2D eigenvalue weighted by Crippen LogP contribution is 2.21. The standard InChI is InChI=1S/C10H14F3N3O/c1-16(6-10(11,12)13)9-15-8(5-17-9)4-14-7-2-3-7/h5,7,14H,2-4,6H2,1H3. The number of hydrogen-bond donors (Lipinski definition) is 1. The van der Waals surface area contributed by atoms with Crippen molar-refractivity contribution in [3.8, 4) is 0 Å². The molecule has 2 rings (SSSR count). The van der Waals surface area contributed by atoms with Crippen LogP contribution in [0.15, 0.2) is 10.7 Å². The monoisotopic (exact) mass is 249 g/mol. The largest absolute Gasteiger partial charge is 0.432 e. The molecule has 0 bridgehead atoms. The fourth-order valence-corrected chi connectivity index (χ4v) is 1.43. The fraction of sp³-hybridized carbons (Fsp3) is 0.700. The predicted octanol–water partition coefficient (Wildman–Crippen LogP) is 1.93. The van der Waals surface area contributed by atoms with E-state index >= 15 is 0 Å². The van der Waals surface area contributed by atoms with Gasteiger partial charge in [-0.15, -0.1) is 0 Å². The van der Waals surface area contributed by atoms with E-state index in [1.54, 1.807) is 0 Å². The Labute approximate surface area is 96.8 Å². The number of aromatic nitrogens is 1. The van der Waals surface area contributed by atoms with E-state index in [2.05, 4.69) is 10.3 Å². The van der Waals surface area contributed by atoms with Crippen LogP contribution in [0.1, 0.15) is 18.5 Å². The van der Waals surface area contributed by atoms with Crippen LogP contribution in [0.3, 0.4) is 0 Å². The quantitative estimate of drug-likeness (QED) is 0.865. The van der Waals surface area contributed by atoms with Crippen molar-refractivity contribution in [1.82, 2.24) is 10.3 Å². The first kappa shape index (κ1) is 12.2. The van der Waals surface area contributed by atoms with Gasteiger partial charge in [0, 0.05) is 19.6 Å². The van der Waals surface area contributed by atoms with Crippen LogP contribution in [0.4, 0.5) is 19.2 Å². The normalized spacial score (nSPS) is 16.2. The molecule has 0 spiro atoms. The summed E-state index contributed by atoms with van der Waals surface area (Å²) in [5.41, 5.74) is 0.626. The fourth-order valence-electron chi connectivity index (χ4n) is 1.43. The molecule has 17 heavy (non-hydrogen) atoms. The summed E-state index contributed by atoms with van der Waals surface area (Å²) in [5.74, 6) is 0. The topological polar surface area (TPSA) is 41.3 Å². The SMILES string of the molecule is CN(CC(F)(F)F)c1nc(CNC2CC2)co1. The van der Waals surface area contributed by atoms with Gasteiger partial charge in [0.05, 0.1) is 5.69 Å². The summed E-state index contributed by atoms with van der Waals surface area (Å²) in [6, 6.07) is 0.526. The van der Waals surface area contributed by atoms with Crippen molar-refractivity contribution < 1.29 is 17.6 Å². The third-order valence-corrected chi connectivity index (χ3v) is 2.43. The van der Waals surface area contributed by atoms with Gasteiger partial charge in [-0.25, -0.2) is 0 Å². The Kier molecular flexibility index (Phi) is 3.28. The van der Waals surface area contributed by atoms with Crippen LogP contribution >= 0.6 is 0 Å². The molecule has 1 aliphatic carbocycles. The number of oxazole rings is 1. The number of rotatable bonds is 5. The third kappa shape index (κ3) is 3.92. The summed E-state index contributed by atoms with van der Waals surface area (Å²) in [5, 5.41) is 3.21. The van der Waals surface area contributed by atoms with Crippen molar-refractivity contribution in [3.63, 3.8) is 0 Å². The van der Waals surface area contributed by atoms with Crippen LogP contribution in [-0.4, -0.2) is 30.8 Å². The summed E-state index contributed by atoms with van der Waals surface area (Å²) in [4.78, 5) is 4.94. The van der Waals surface area contributed by atoms with E-state index in [0.29, 0.717) is 18.3 Å². The molecule has 1 saturated carbocycles. The molecular weight excluding hydrogens is 235 g/mol. The predicted molar refractivity (Wildman–Crippen MR) is 55.7 cm³/mol. The van der Waals surface area contributed by atoms with Gasteiger partial charge in [0.1, 0.15) is 12.8 Å². The van der Waals surface area contributed by atoms with Crippen LogP contribution in [0.25, 0.3) is 0 Å². The van der Waals surface area contributed by atoms with Gasteiger partial charge in [0.2, 0.25) is 0 Å². The molecule has 0 unspecified atom stereocenters. The summed E-state index contributed by atoms with van der Waals surface area (Å²) in [6.07, 6.45) is -0.565. The molecule has 0 amide bonds. The summed E-state index contributed by atoms with van der Waals surface area (Å²) in [7, 11) is 1.30. The van der Waals surface area contributed by atoms with Gasteiger partial charge in [-0.1, -0.05) is 0 Å². The maximum Gasteiger partial charge on any atom is 0.406 e. The highest BCUT2D eigenvalue weighted by atomic mass is 19.4. The molecule has 1 aromatic heterocycles. The highest BCUT2D eigenvalue weighted by Gasteiger charge is 2.31. The lowest BCUT2D eigenvalue weighted by atomic mass is 10.4. The van der Waals surface area contributed by atoms with E-state index in [1.807, 2.05) is 0 Å². The van der Waals surface area contributed by atoms with Crippen LogP contribution in [0.5, 0.6) is 0 Å². The van der Waals surface area contributed by atoms with E-state index in [4.69, 9.17) is 4.42 Å². The van der Waals surface area contributed by atoms with Crippen LogP contribution in [0, 0.1) is 0 Å². The minimum Gasteiger partial charge on any atom is -0.432 e. The molecule has 0 radical (unpaired) electrons. The first-order valence-electron chi connectivity index (χ1n) is 5.40. The van der Waals surface area contributed by atoms with Crippen molar-refractivity contribution in [1.29, 1.82) is 0 Å². The maximum atomic E-state index is 12.1. The van der Waals surface area contributed by atoms with Crippen molar-refractivity contribution >= 4 is 6.01 Å². The second-order valence-electron chi connectivity index (χ2n) is 4.25. The molecule has 96 valence electrons. The smallest absolute Gasteiger partial charge is 0.406 e. The number of alkyl halides is 3. The van der Waals surface area contributed by atoms with Crippen molar-refractivity contribution in [2.24, 2.45) is 0 Å². The first-order chi connectivity index (χ1) is 7.94. The van der Waals surface area contributed by atoms with Crippen molar-refractivity contribution in [3.05, 3.63) is 12.0 Å². The Balaban J connectivity index is 1.87. The second kappa shape index (κ2) is 4.56. The molecule has 1 aliphatic rings. The second-order valence-corrected chi connectivity index (χ2v) is 4.25.